The van der Waals surface area contributed by atoms with Crippen LogP contribution in [0.15, 0.2) is 24.3 Å². The summed E-state index contributed by atoms with van der Waals surface area (Å²) in [6, 6.07) is 6.92. The second kappa shape index (κ2) is 3.93. The van der Waals surface area contributed by atoms with Gasteiger partial charge in [0.25, 0.3) is 0 Å². The number of hydrogen-bond donors (Lipinski definition) is 3. The number of halogens is 1. The molecular formula is C15H14ClNO3. The van der Waals surface area contributed by atoms with Crippen LogP contribution in [0.2, 0.25) is 5.02 Å². The van der Waals surface area contributed by atoms with Gasteiger partial charge in [0.2, 0.25) is 11.8 Å². The van der Waals surface area contributed by atoms with Crippen molar-refractivity contribution in [3.63, 3.8) is 0 Å². The molecule has 1 fully saturated rings. The lowest BCUT2D eigenvalue weighted by atomic mass is 9.93. The molecule has 1 saturated carbocycles. The normalized spacial score (nSPS) is 27.0. The minimum absolute atomic E-state index is 0.0334. The Balaban J connectivity index is 1.92. The smallest absolute Gasteiger partial charge is 0.202 e. The molecule has 2 aliphatic carbocycles. The molecule has 5 heteroatoms. The van der Waals surface area contributed by atoms with Crippen LogP contribution >= 0.6 is 11.6 Å². The van der Waals surface area contributed by atoms with E-state index in [-0.39, 0.29) is 23.6 Å². The van der Waals surface area contributed by atoms with Crippen molar-refractivity contribution in [2.24, 2.45) is 0 Å². The molecular weight excluding hydrogens is 278 g/mol. The molecule has 0 aliphatic heterocycles. The van der Waals surface area contributed by atoms with E-state index in [0.29, 0.717) is 22.7 Å². The van der Waals surface area contributed by atoms with E-state index in [1.165, 1.54) is 4.57 Å². The Kier molecular flexibility index (Phi) is 2.38. The highest BCUT2D eigenvalue weighted by molar-refractivity contribution is 6.30. The molecule has 104 valence electrons. The third kappa shape index (κ3) is 1.41. The Morgan fingerprint density at radius 3 is 2.35 bits per heavy atom. The van der Waals surface area contributed by atoms with Crippen LogP contribution < -0.4 is 0 Å². The van der Waals surface area contributed by atoms with Crippen molar-refractivity contribution in [3.8, 4) is 17.4 Å². The van der Waals surface area contributed by atoms with Crippen LogP contribution in [0.4, 0.5) is 0 Å². The van der Waals surface area contributed by atoms with E-state index >= 15 is 0 Å². The van der Waals surface area contributed by atoms with Gasteiger partial charge in [0.1, 0.15) is 0 Å². The summed E-state index contributed by atoms with van der Waals surface area (Å²) in [4.78, 5) is 0. The number of aromatic hydroxyl groups is 2. The maximum absolute atomic E-state index is 10.5. The van der Waals surface area contributed by atoms with Gasteiger partial charge in [0.05, 0.1) is 11.8 Å². The summed E-state index contributed by atoms with van der Waals surface area (Å²) in [5.74, 6) is 0.198. The summed E-state index contributed by atoms with van der Waals surface area (Å²) in [6.45, 7) is 0. The lowest BCUT2D eigenvalue weighted by molar-refractivity contribution is 0.157. The number of hydrogen-bond acceptors (Lipinski definition) is 3. The zero-order valence-electron chi connectivity index (χ0n) is 10.6. The highest BCUT2D eigenvalue weighted by Gasteiger charge is 2.49. The molecule has 2 aliphatic rings. The van der Waals surface area contributed by atoms with E-state index in [9.17, 15) is 15.3 Å². The minimum Gasteiger partial charge on any atom is -0.494 e. The van der Waals surface area contributed by atoms with Crippen molar-refractivity contribution in [2.45, 2.75) is 30.8 Å². The number of aliphatic hydroxyl groups is 1. The van der Waals surface area contributed by atoms with E-state index in [1.807, 2.05) is 0 Å². The van der Waals surface area contributed by atoms with E-state index in [4.69, 9.17) is 11.6 Å². The number of nitrogens with zero attached hydrogens (tertiary/aromatic N) is 1. The zero-order valence-corrected chi connectivity index (χ0v) is 11.4. The summed E-state index contributed by atoms with van der Waals surface area (Å²) in [7, 11) is 0. The van der Waals surface area contributed by atoms with Crippen molar-refractivity contribution in [3.05, 3.63) is 40.4 Å². The van der Waals surface area contributed by atoms with Gasteiger partial charge >= 0.3 is 0 Å². The standard InChI is InChI=1S/C15H14ClNO3/c16-8-1-3-9(4-2-8)17-14(19)12-7-5-10(11(18)6-7)13(12)15(17)20/h1-4,7,10-11,18-20H,5-6H2. The summed E-state index contributed by atoms with van der Waals surface area (Å²) >= 11 is 5.86. The van der Waals surface area contributed by atoms with Gasteiger partial charge in [-0.1, -0.05) is 11.6 Å². The Morgan fingerprint density at radius 1 is 1.00 bits per heavy atom. The number of aliphatic hydroxyl groups excluding tert-OH is 1. The molecule has 1 aromatic carbocycles. The number of fused-ring (bicyclic) bond motifs is 5. The Hall–Kier alpha value is -1.65. The number of rotatable bonds is 1. The van der Waals surface area contributed by atoms with Crippen molar-refractivity contribution >= 4 is 11.6 Å². The molecule has 0 amide bonds. The first-order chi connectivity index (χ1) is 9.58. The molecule has 4 rings (SSSR count). The summed E-state index contributed by atoms with van der Waals surface area (Å²) in [5, 5.41) is 31.5. The van der Waals surface area contributed by atoms with E-state index < -0.39 is 6.10 Å². The molecule has 0 spiro atoms. The van der Waals surface area contributed by atoms with Crippen LogP contribution in [-0.2, 0) is 0 Å². The topological polar surface area (TPSA) is 65.6 Å². The van der Waals surface area contributed by atoms with Crippen molar-refractivity contribution in [2.75, 3.05) is 0 Å². The van der Waals surface area contributed by atoms with Crippen LogP contribution in [0.1, 0.15) is 35.8 Å². The maximum atomic E-state index is 10.5. The molecule has 4 nitrogen and oxygen atoms in total. The molecule has 3 N–H and O–H groups in total. The van der Waals surface area contributed by atoms with Crippen molar-refractivity contribution in [1.82, 2.24) is 4.57 Å². The second-order valence-corrected chi connectivity index (χ2v) is 6.06. The monoisotopic (exact) mass is 291 g/mol. The van der Waals surface area contributed by atoms with Gasteiger partial charge in [-0.3, -0.25) is 4.57 Å². The van der Waals surface area contributed by atoms with Gasteiger partial charge in [-0.15, -0.1) is 0 Å². The Bertz CT molecular complexity index is 692. The lowest BCUT2D eigenvalue weighted by Gasteiger charge is -2.16. The summed E-state index contributed by atoms with van der Waals surface area (Å²) < 4.78 is 1.43. The molecule has 20 heavy (non-hydrogen) atoms. The first-order valence-electron chi connectivity index (χ1n) is 6.68. The predicted molar refractivity (Wildman–Crippen MR) is 74.8 cm³/mol. The van der Waals surface area contributed by atoms with Gasteiger partial charge in [-0.25, -0.2) is 0 Å². The SMILES string of the molecule is Oc1c2c(c(O)n1-c1ccc(Cl)cc1)C1CC2CC1O. The van der Waals surface area contributed by atoms with Crippen LogP contribution in [-0.4, -0.2) is 26.0 Å². The van der Waals surface area contributed by atoms with Gasteiger partial charge < -0.3 is 15.3 Å². The minimum atomic E-state index is -0.418. The zero-order chi connectivity index (χ0) is 14.0. The number of aromatic nitrogens is 1. The third-order valence-corrected chi connectivity index (χ3v) is 4.84. The fourth-order valence-corrected chi connectivity index (χ4v) is 3.87. The van der Waals surface area contributed by atoms with Gasteiger partial charge in [-0.2, -0.15) is 0 Å². The van der Waals surface area contributed by atoms with Crippen molar-refractivity contribution < 1.29 is 15.3 Å². The molecule has 3 unspecified atom stereocenters. The highest BCUT2D eigenvalue weighted by atomic mass is 35.5. The third-order valence-electron chi connectivity index (χ3n) is 4.59. The number of benzene rings is 1. The van der Waals surface area contributed by atoms with Crippen LogP contribution in [0.3, 0.4) is 0 Å². The average molecular weight is 292 g/mol. The molecule has 1 heterocycles. The summed E-state index contributed by atoms with van der Waals surface area (Å²) in [5.41, 5.74) is 2.17. The molecule has 0 saturated heterocycles. The van der Waals surface area contributed by atoms with Gasteiger partial charge in [0, 0.05) is 22.1 Å². The van der Waals surface area contributed by atoms with E-state index in [0.717, 1.165) is 12.0 Å². The van der Waals surface area contributed by atoms with Crippen LogP contribution in [0.5, 0.6) is 11.8 Å². The lowest BCUT2D eigenvalue weighted by Crippen LogP contribution is -2.13. The fourth-order valence-electron chi connectivity index (χ4n) is 3.75. The van der Waals surface area contributed by atoms with Crippen molar-refractivity contribution in [1.29, 1.82) is 0 Å². The molecule has 0 radical (unpaired) electrons. The van der Waals surface area contributed by atoms with Crippen LogP contribution in [0, 0.1) is 0 Å². The quantitative estimate of drug-likeness (QED) is 0.757. The highest BCUT2D eigenvalue weighted by Crippen LogP contribution is 2.60. The first-order valence-corrected chi connectivity index (χ1v) is 7.06. The molecule has 2 bridgehead atoms. The molecule has 2 aromatic rings. The van der Waals surface area contributed by atoms with Gasteiger partial charge in [0.15, 0.2) is 0 Å². The van der Waals surface area contributed by atoms with E-state index in [1.54, 1.807) is 24.3 Å². The largest absolute Gasteiger partial charge is 0.494 e. The fraction of sp³-hybridized carbons (Fsp3) is 0.333. The second-order valence-electron chi connectivity index (χ2n) is 5.63. The first kappa shape index (κ1) is 12.1. The predicted octanol–water partition coefficient (Wildman–Crippen LogP) is 2.88. The van der Waals surface area contributed by atoms with Crippen LogP contribution in [0.25, 0.3) is 5.69 Å². The Morgan fingerprint density at radius 2 is 1.65 bits per heavy atom. The van der Waals surface area contributed by atoms with Gasteiger partial charge in [-0.05, 0) is 43.0 Å². The molecule has 1 aromatic heterocycles. The average Bonchev–Trinajstić information content (AvgIpc) is 3.03. The maximum Gasteiger partial charge on any atom is 0.202 e. The van der Waals surface area contributed by atoms with E-state index in [2.05, 4.69) is 0 Å². The molecule has 3 atom stereocenters. The Labute approximate surface area is 120 Å². The summed E-state index contributed by atoms with van der Waals surface area (Å²) in [6.07, 6.45) is 1.06.